The molecule has 0 heterocycles. The van der Waals surface area contributed by atoms with Crippen LogP contribution in [0.3, 0.4) is 0 Å². The first-order valence-electron chi connectivity index (χ1n) is 5.57. The minimum Gasteiger partial charge on any atom is -0.480 e. The minimum absolute atomic E-state index is 0.313. The molecule has 1 aliphatic carbocycles. The number of nitrogens with one attached hydrogen (secondary N) is 2. The van der Waals surface area contributed by atoms with Gasteiger partial charge in [-0.25, -0.2) is 4.79 Å². The molecule has 0 aliphatic heterocycles. The average Bonchev–Trinajstić information content (AvgIpc) is 2.65. The number of carboxylic acids is 1. The standard InChI is InChI=1S/C10H15F3N2O3/c11-10(12,13)6-14-5-7(16)15-9(8(17)18)3-1-2-4-9/h14H,1-6H2,(H,15,16)(H,17,18). The SMILES string of the molecule is O=C(CNCC(F)(F)F)NC1(C(=O)O)CCCC1. The average molecular weight is 268 g/mol. The van der Waals surface area contributed by atoms with Gasteiger partial charge in [-0.05, 0) is 12.8 Å². The summed E-state index contributed by atoms with van der Waals surface area (Å²) in [5.41, 5.74) is -1.31. The molecule has 3 N–H and O–H groups in total. The lowest BCUT2D eigenvalue weighted by atomic mass is 9.98. The Bertz CT molecular complexity index is 325. The van der Waals surface area contributed by atoms with Gasteiger partial charge in [0.25, 0.3) is 0 Å². The highest BCUT2D eigenvalue weighted by atomic mass is 19.4. The van der Waals surface area contributed by atoms with Gasteiger partial charge < -0.3 is 15.7 Å². The van der Waals surface area contributed by atoms with Crippen LogP contribution >= 0.6 is 0 Å². The first-order valence-corrected chi connectivity index (χ1v) is 5.57. The smallest absolute Gasteiger partial charge is 0.401 e. The molecule has 18 heavy (non-hydrogen) atoms. The quantitative estimate of drug-likeness (QED) is 0.684. The van der Waals surface area contributed by atoms with Crippen LogP contribution in [0.1, 0.15) is 25.7 Å². The van der Waals surface area contributed by atoms with Crippen molar-refractivity contribution in [2.24, 2.45) is 0 Å². The zero-order valence-corrected chi connectivity index (χ0v) is 9.64. The molecule has 1 fully saturated rings. The summed E-state index contributed by atoms with van der Waals surface area (Å²) in [4.78, 5) is 22.5. The molecular formula is C10H15F3N2O3. The van der Waals surface area contributed by atoms with Gasteiger partial charge in [0.2, 0.25) is 5.91 Å². The van der Waals surface area contributed by atoms with Crippen LogP contribution in [-0.4, -0.2) is 41.8 Å². The van der Waals surface area contributed by atoms with Gasteiger partial charge in [0.1, 0.15) is 5.54 Å². The zero-order valence-electron chi connectivity index (χ0n) is 9.64. The fourth-order valence-electron chi connectivity index (χ4n) is 2.00. The predicted octanol–water partition coefficient (Wildman–Crippen LogP) is 0.652. The molecule has 0 atom stereocenters. The van der Waals surface area contributed by atoms with Crippen molar-refractivity contribution in [1.29, 1.82) is 0 Å². The molecule has 0 bridgehead atoms. The van der Waals surface area contributed by atoms with Crippen LogP contribution in [0.2, 0.25) is 0 Å². The highest BCUT2D eigenvalue weighted by molar-refractivity contribution is 5.88. The third-order valence-corrected chi connectivity index (χ3v) is 2.86. The molecule has 0 saturated heterocycles. The van der Waals surface area contributed by atoms with Gasteiger partial charge in [0.05, 0.1) is 13.1 Å². The van der Waals surface area contributed by atoms with Gasteiger partial charge >= 0.3 is 12.1 Å². The van der Waals surface area contributed by atoms with E-state index in [1.54, 1.807) is 0 Å². The number of halogens is 3. The van der Waals surface area contributed by atoms with Crippen LogP contribution in [0, 0.1) is 0 Å². The molecular weight excluding hydrogens is 253 g/mol. The van der Waals surface area contributed by atoms with Gasteiger partial charge in [-0.15, -0.1) is 0 Å². The maximum Gasteiger partial charge on any atom is 0.401 e. The van der Waals surface area contributed by atoms with Crippen molar-refractivity contribution in [2.45, 2.75) is 37.4 Å². The van der Waals surface area contributed by atoms with Crippen molar-refractivity contribution < 1.29 is 27.9 Å². The van der Waals surface area contributed by atoms with E-state index in [0.717, 1.165) is 0 Å². The molecule has 0 radical (unpaired) electrons. The van der Waals surface area contributed by atoms with E-state index in [1.807, 2.05) is 5.32 Å². The summed E-state index contributed by atoms with van der Waals surface area (Å²) in [5, 5.41) is 13.3. The summed E-state index contributed by atoms with van der Waals surface area (Å²) in [5.74, 6) is -1.87. The second-order valence-corrected chi connectivity index (χ2v) is 4.36. The minimum atomic E-state index is -4.39. The number of carbonyl (C=O) groups is 2. The molecule has 1 aliphatic rings. The monoisotopic (exact) mass is 268 g/mol. The number of hydrogen-bond donors (Lipinski definition) is 3. The van der Waals surface area contributed by atoms with Gasteiger partial charge in [-0.2, -0.15) is 13.2 Å². The summed E-state index contributed by atoms with van der Waals surface area (Å²) in [6, 6.07) is 0. The molecule has 1 saturated carbocycles. The Morgan fingerprint density at radius 1 is 1.22 bits per heavy atom. The molecule has 5 nitrogen and oxygen atoms in total. The predicted molar refractivity (Wildman–Crippen MR) is 55.9 cm³/mol. The van der Waals surface area contributed by atoms with E-state index >= 15 is 0 Å². The molecule has 0 aromatic rings. The maximum atomic E-state index is 11.8. The number of rotatable bonds is 5. The molecule has 104 valence electrons. The van der Waals surface area contributed by atoms with E-state index < -0.39 is 36.7 Å². The van der Waals surface area contributed by atoms with E-state index in [4.69, 9.17) is 5.11 Å². The summed E-state index contributed by atoms with van der Waals surface area (Å²) < 4.78 is 35.5. The van der Waals surface area contributed by atoms with Crippen molar-refractivity contribution in [2.75, 3.05) is 13.1 Å². The first-order chi connectivity index (χ1) is 8.25. The summed E-state index contributed by atoms with van der Waals surface area (Å²) >= 11 is 0. The first kappa shape index (κ1) is 14.7. The van der Waals surface area contributed by atoms with Gasteiger partial charge in [0, 0.05) is 0 Å². The molecule has 1 rings (SSSR count). The Kier molecular flexibility index (Phi) is 4.55. The Morgan fingerprint density at radius 2 is 1.78 bits per heavy atom. The summed E-state index contributed by atoms with van der Waals surface area (Å²) in [7, 11) is 0. The van der Waals surface area contributed by atoms with Crippen molar-refractivity contribution in [3.8, 4) is 0 Å². The molecule has 0 spiro atoms. The van der Waals surface area contributed by atoms with Crippen molar-refractivity contribution in [1.82, 2.24) is 10.6 Å². The van der Waals surface area contributed by atoms with Crippen LogP contribution < -0.4 is 10.6 Å². The highest BCUT2D eigenvalue weighted by Crippen LogP contribution is 2.29. The fourth-order valence-corrected chi connectivity index (χ4v) is 2.00. The zero-order chi connectivity index (χ0) is 13.8. The largest absolute Gasteiger partial charge is 0.480 e. The highest BCUT2D eigenvalue weighted by Gasteiger charge is 2.42. The number of carbonyl (C=O) groups excluding carboxylic acids is 1. The van der Waals surface area contributed by atoms with Crippen molar-refractivity contribution in [3.05, 3.63) is 0 Å². The Labute approximate surface area is 102 Å². The number of aliphatic carboxylic acids is 1. The Balaban J connectivity index is 2.41. The number of carboxylic acid groups (broad SMARTS) is 1. The van der Waals surface area contributed by atoms with Gasteiger partial charge in [0.15, 0.2) is 0 Å². The lowest BCUT2D eigenvalue weighted by molar-refractivity contribution is -0.147. The lowest BCUT2D eigenvalue weighted by Crippen LogP contribution is -2.54. The van der Waals surface area contributed by atoms with Crippen molar-refractivity contribution >= 4 is 11.9 Å². The number of hydrogen-bond acceptors (Lipinski definition) is 3. The lowest BCUT2D eigenvalue weighted by Gasteiger charge is -2.25. The molecule has 1 amide bonds. The third-order valence-electron chi connectivity index (χ3n) is 2.86. The molecule has 0 aromatic heterocycles. The fraction of sp³-hybridized carbons (Fsp3) is 0.800. The van der Waals surface area contributed by atoms with Crippen molar-refractivity contribution in [3.63, 3.8) is 0 Å². The maximum absolute atomic E-state index is 11.8. The second kappa shape index (κ2) is 5.55. The summed E-state index contributed by atoms with van der Waals surface area (Å²) in [6.07, 6.45) is -2.40. The van der Waals surface area contributed by atoms with E-state index in [0.29, 0.717) is 25.7 Å². The molecule has 0 aromatic carbocycles. The van der Waals surface area contributed by atoms with E-state index in [1.165, 1.54) is 0 Å². The Hall–Kier alpha value is -1.31. The van der Waals surface area contributed by atoms with Crippen LogP contribution in [0.4, 0.5) is 13.2 Å². The van der Waals surface area contributed by atoms with Crippen LogP contribution in [0.5, 0.6) is 0 Å². The topological polar surface area (TPSA) is 78.4 Å². The normalized spacial score (nSPS) is 18.6. The molecule has 0 unspecified atom stereocenters. The number of amides is 1. The summed E-state index contributed by atoms with van der Waals surface area (Å²) in [6.45, 7) is -1.82. The van der Waals surface area contributed by atoms with E-state index in [9.17, 15) is 22.8 Å². The van der Waals surface area contributed by atoms with Crippen LogP contribution in [0.15, 0.2) is 0 Å². The van der Waals surface area contributed by atoms with Crippen LogP contribution in [-0.2, 0) is 9.59 Å². The van der Waals surface area contributed by atoms with Gasteiger partial charge in [-0.3, -0.25) is 4.79 Å². The second-order valence-electron chi connectivity index (χ2n) is 4.36. The van der Waals surface area contributed by atoms with Crippen LogP contribution in [0.25, 0.3) is 0 Å². The number of alkyl halides is 3. The molecule has 8 heteroatoms. The third kappa shape index (κ3) is 4.17. The van der Waals surface area contributed by atoms with E-state index in [2.05, 4.69) is 5.32 Å². The van der Waals surface area contributed by atoms with E-state index in [-0.39, 0.29) is 0 Å². The van der Waals surface area contributed by atoms with Gasteiger partial charge in [-0.1, -0.05) is 12.8 Å². The Morgan fingerprint density at radius 3 is 2.22 bits per heavy atom.